The predicted octanol–water partition coefficient (Wildman–Crippen LogP) is 4.56. The van der Waals surface area contributed by atoms with Gasteiger partial charge in [-0.2, -0.15) is 0 Å². The SMILES string of the molecule is O=C(NCCOCCOCCOCCOCCOCCOCCOCCOCCOCCOCCOCCOC(=O)c1ccccc1)OCC1c2ccccc2-c2ccccc21. The van der Waals surface area contributed by atoms with Gasteiger partial charge in [-0.3, -0.25) is 0 Å². The second-order valence-electron chi connectivity index (χ2n) is 13.5. The lowest BCUT2D eigenvalue weighted by Gasteiger charge is -2.14. The second kappa shape index (κ2) is 34.4. The van der Waals surface area contributed by atoms with Crippen molar-refractivity contribution in [3.8, 4) is 11.1 Å². The molecule has 0 heterocycles. The fourth-order valence-corrected chi connectivity index (χ4v) is 6.03. The van der Waals surface area contributed by atoms with Crippen molar-refractivity contribution in [2.75, 3.05) is 165 Å². The van der Waals surface area contributed by atoms with Crippen LogP contribution in [0.1, 0.15) is 27.4 Å². The third-order valence-corrected chi connectivity index (χ3v) is 9.05. The molecule has 0 spiro atoms. The van der Waals surface area contributed by atoms with Crippen LogP contribution in [0.15, 0.2) is 78.9 Å². The largest absolute Gasteiger partial charge is 0.460 e. The van der Waals surface area contributed by atoms with Gasteiger partial charge in [-0.05, 0) is 34.4 Å². The lowest BCUT2D eigenvalue weighted by Crippen LogP contribution is -2.29. The van der Waals surface area contributed by atoms with Gasteiger partial charge < -0.3 is 66.9 Å². The molecule has 3 aromatic rings. The summed E-state index contributed by atoms with van der Waals surface area (Å²) in [6.07, 6.45) is -0.457. The van der Waals surface area contributed by atoms with Gasteiger partial charge in [0, 0.05) is 12.5 Å². The van der Waals surface area contributed by atoms with Crippen molar-refractivity contribution in [3.05, 3.63) is 95.6 Å². The number of esters is 1. The van der Waals surface area contributed by atoms with Crippen molar-refractivity contribution in [1.29, 1.82) is 0 Å². The number of nitrogens with one attached hydrogen (secondary N) is 1. The molecule has 0 unspecified atom stereocenters. The molecule has 1 N–H and O–H groups in total. The highest BCUT2D eigenvalue weighted by Crippen LogP contribution is 2.44. The zero-order chi connectivity index (χ0) is 43.4. The van der Waals surface area contributed by atoms with Crippen LogP contribution in [0.4, 0.5) is 4.79 Å². The average Bonchev–Trinajstić information content (AvgIpc) is 3.62. The van der Waals surface area contributed by atoms with Crippen LogP contribution in [0.25, 0.3) is 11.1 Å². The van der Waals surface area contributed by atoms with Crippen LogP contribution in [0.3, 0.4) is 0 Å². The third kappa shape index (κ3) is 22.4. The second-order valence-corrected chi connectivity index (χ2v) is 13.5. The molecule has 0 bridgehead atoms. The molecule has 1 aliphatic rings. The first-order valence-corrected chi connectivity index (χ1v) is 21.4. The lowest BCUT2D eigenvalue weighted by atomic mass is 9.98. The van der Waals surface area contributed by atoms with Crippen molar-refractivity contribution in [2.45, 2.75) is 5.92 Å². The molecular formula is C46H65NO15. The lowest BCUT2D eigenvalue weighted by molar-refractivity contribution is -0.0280. The zero-order valence-electron chi connectivity index (χ0n) is 35.9. The number of hydrogen-bond donors (Lipinski definition) is 1. The Bertz CT molecular complexity index is 1540. The van der Waals surface area contributed by atoms with Gasteiger partial charge in [0.25, 0.3) is 0 Å². The monoisotopic (exact) mass is 871 g/mol. The molecule has 0 saturated heterocycles. The highest BCUT2D eigenvalue weighted by atomic mass is 16.6. The van der Waals surface area contributed by atoms with E-state index in [0.717, 1.165) is 0 Å². The van der Waals surface area contributed by atoms with Crippen molar-refractivity contribution < 1.29 is 71.2 Å². The summed E-state index contributed by atoms with van der Waals surface area (Å²) < 4.78 is 71.1. The minimum Gasteiger partial charge on any atom is -0.460 e. The maximum absolute atomic E-state index is 12.3. The number of alkyl carbamates (subject to hydrolysis) is 1. The number of rotatable bonds is 39. The topological polar surface area (TPSA) is 166 Å². The maximum Gasteiger partial charge on any atom is 0.407 e. The summed E-state index contributed by atoms with van der Waals surface area (Å²) >= 11 is 0. The number of ether oxygens (including phenoxy) is 13. The smallest absolute Gasteiger partial charge is 0.407 e. The average molecular weight is 872 g/mol. The van der Waals surface area contributed by atoms with E-state index in [2.05, 4.69) is 29.6 Å². The summed E-state index contributed by atoms with van der Waals surface area (Å²) in [7, 11) is 0. The van der Waals surface area contributed by atoms with Crippen molar-refractivity contribution in [2.24, 2.45) is 0 Å². The molecule has 16 heteroatoms. The third-order valence-electron chi connectivity index (χ3n) is 9.05. The highest BCUT2D eigenvalue weighted by molar-refractivity contribution is 5.89. The summed E-state index contributed by atoms with van der Waals surface area (Å²) in [4.78, 5) is 24.1. The molecule has 0 saturated carbocycles. The normalized spacial score (nSPS) is 12.0. The Kier molecular flexibility index (Phi) is 28.1. The van der Waals surface area contributed by atoms with E-state index in [4.69, 9.17) is 61.6 Å². The summed E-state index contributed by atoms with van der Waals surface area (Å²) in [5, 5.41) is 2.74. The van der Waals surface area contributed by atoms with Gasteiger partial charge in [-0.25, -0.2) is 9.59 Å². The van der Waals surface area contributed by atoms with E-state index in [1.54, 1.807) is 24.3 Å². The standard InChI is InChI=1S/C46H65NO15/c48-45(39-8-2-1-3-9-39)61-37-36-60-35-34-59-33-32-58-31-30-57-29-28-56-27-26-55-25-24-54-23-22-53-21-20-52-19-18-51-17-16-50-15-14-47-46(49)62-38-44-42-12-6-4-10-40(42)41-11-5-7-13-43(41)44/h1-13,44H,14-38H2,(H,47,49). The zero-order valence-corrected chi connectivity index (χ0v) is 35.9. The van der Waals surface area contributed by atoms with E-state index < -0.39 is 6.09 Å². The maximum atomic E-state index is 12.3. The van der Waals surface area contributed by atoms with E-state index in [1.807, 2.05) is 30.3 Å². The van der Waals surface area contributed by atoms with Gasteiger partial charge in [-0.15, -0.1) is 0 Å². The van der Waals surface area contributed by atoms with E-state index in [9.17, 15) is 9.59 Å². The molecule has 62 heavy (non-hydrogen) atoms. The summed E-state index contributed by atoms with van der Waals surface area (Å²) in [5.74, 6) is -0.330. The van der Waals surface area contributed by atoms with Crippen molar-refractivity contribution in [1.82, 2.24) is 5.32 Å². The number of hydrogen-bond acceptors (Lipinski definition) is 15. The Morgan fingerprint density at radius 2 is 0.694 bits per heavy atom. The van der Waals surface area contributed by atoms with Crippen LogP contribution >= 0.6 is 0 Å². The van der Waals surface area contributed by atoms with Gasteiger partial charge in [0.1, 0.15) is 13.2 Å². The van der Waals surface area contributed by atoms with Gasteiger partial charge in [-0.1, -0.05) is 66.7 Å². The predicted molar refractivity (Wildman–Crippen MR) is 229 cm³/mol. The van der Waals surface area contributed by atoms with Crippen molar-refractivity contribution >= 4 is 12.1 Å². The Morgan fingerprint density at radius 3 is 1.08 bits per heavy atom. The fourth-order valence-electron chi connectivity index (χ4n) is 6.03. The molecule has 0 aromatic heterocycles. The number of fused-ring (bicyclic) bond motifs is 3. The van der Waals surface area contributed by atoms with Crippen molar-refractivity contribution in [3.63, 3.8) is 0 Å². The van der Waals surface area contributed by atoms with Crippen LogP contribution in [-0.2, 0) is 61.6 Å². The van der Waals surface area contributed by atoms with E-state index in [0.29, 0.717) is 157 Å². The van der Waals surface area contributed by atoms with Crippen LogP contribution in [0, 0.1) is 0 Å². The molecule has 0 fully saturated rings. The molecule has 16 nitrogen and oxygen atoms in total. The van der Waals surface area contributed by atoms with E-state index in [-0.39, 0.29) is 25.1 Å². The molecule has 3 aromatic carbocycles. The molecule has 1 aliphatic carbocycles. The summed E-state index contributed by atoms with van der Waals surface area (Å²) in [6, 6.07) is 25.3. The van der Waals surface area contributed by atoms with Crippen LogP contribution in [0.5, 0.6) is 0 Å². The quantitative estimate of drug-likeness (QED) is 0.0626. The van der Waals surface area contributed by atoms with Gasteiger partial charge in [0.15, 0.2) is 0 Å². The first-order chi connectivity index (χ1) is 30.7. The summed E-state index contributed by atoms with van der Waals surface area (Å²) in [6.45, 7) is 10.8. The van der Waals surface area contributed by atoms with E-state index >= 15 is 0 Å². The minimum atomic E-state index is -0.457. The summed E-state index contributed by atoms with van der Waals surface area (Å²) in [5.41, 5.74) is 5.28. The number of benzene rings is 3. The van der Waals surface area contributed by atoms with Crippen LogP contribution in [0.2, 0.25) is 0 Å². The molecule has 0 aliphatic heterocycles. The Hall–Kier alpha value is -4.04. The first kappa shape index (κ1) is 50.6. The Balaban J connectivity index is 0.763. The fraction of sp³-hybridized carbons (Fsp3) is 0.565. The molecule has 0 radical (unpaired) electrons. The number of amides is 1. The Labute approximate surface area is 365 Å². The molecule has 344 valence electrons. The first-order valence-electron chi connectivity index (χ1n) is 21.4. The molecular weight excluding hydrogens is 806 g/mol. The molecule has 0 atom stereocenters. The molecule has 4 rings (SSSR count). The minimum absolute atomic E-state index is 0.0314. The highest BCUT2D eigenvalue weighted by Gasteiger charge is 2.29. The number of carbonyl (C=O) groups excluding carboxylic acids is 2. The number of carbonyl (C=O) groups is 2. The van der Waals surface area contributed by atoms with E-state index in [1.165, 1.54) is 22.3 Å². The molecule has 1 amide bonds. The Morgan fingerprint density at radius 1 is 0.371 bits per heavy atom. The van der Waals surface area contributed by atoms with Gasteiger partial charge >= 0.3 is 12.1 Å². The van der Waals surface area contributed by atoms with Gasteiger partial charge in [0.05, 0.1) is 151 Å². The van der Waals surface area contributed by atoms with Crippen LogP contribution in [-0.4, -0.2) is 177 Å². The van der Waals surface area contributed by atoms with Gasteiger partial charge in [0.2, 0.25) is 0 Å². The van der Waals surface area contributed by atoms with Crippen LogP contribution < -0.4 is 5.32 Å².